The van der Waals surface area contributed by atoms with E-state index in [1.54, 1.807) is 16.6 Å². The highest BCUT2D eigenvalue weighted by molar-refractivity contribution is 5.94. The maximum absolute atomic E-state index is 12.3. The third-order valence-corrected chi connectivity index (χ3v) is 3.48. The zero-order chi connectivity index (χ0) is 15.7. The van der Waals surface area contributed by atoms with Crippen LogP contribution in [0.25, 0.3) is 0 Å². The molecule has 0 unspecified atom stereocenters. The Morgan fingerprint density at radius 2 is 2.23 bits per heavy atom. The van der Waals surface area contributed by atoms with E-state index in [-0.39, 0.29) is 18.3 Å². The summed E-state index contributed by atoms with van der Waals surface area (Å²) in [7, 11) is 1.68. The lowest BCUT2D eigenvalue weighted by molar-refractivity contribution is 0.0705. The van der Waals surface area contributed by atoms with Gasteiger partial charge in [0.25, 0.3) is 11.8 Å². The first-order valence-corrected chi connectivity index (χ1v) is 6.95. The highest BCUT2D eigenvalue weighted by Crippen LogP contribution is 2.14. The van der Waals surface area contributed by atoms with Crippen LogP contribution in [0.4, 0.5) is 0 Å². The SMILES string of the molecule is CCN1CCn2nnc(CNC(=O)c3ncn(C)n3)c2C1=O. The Morgan fingerprint density at radius 3 is 2.91 bits per heavy atom. The summed E-state index contributed by atoms with van der Waals surface area (Å²) < 4.78 is 3.02. The van der Waals surface area contributed by atoms with E-state index in [0.29, 0.717) is 31.0 Å². The van der Waals surface area contributed by atoms with Gasteiger partial charge < -0.3 is 10.2 Å². The van der Waals surface area contributed by atoms with Crippen molar-refractivity contribution >= 4 is 11.8 Å². The van der Waals surface area contributed by atoms with Crippen LogP contribution in [-0.4, -0.2) is 59.6 Å². The van der Waals surface area contributed by atoms with Crippen molar-refractivity contribution in [2.75, 3.05) is 13.1 Å². The number of fused-ring (bicyclic) bond motifs is 1. The molecule has 22 heavy (non-hydrogen) atoms. The van der Waals surface area contributed by atoms with Gasteiger partial charge in [-0.3, -0.25) is 14.3 Å². The summed E-state index contributed by atoms with van der Waals surface area (Å²) in [5.74, 6) is -0.457. The number of carbonyl (C=O) groups is 2. The van der Waals surface area contributed by atoms with Crippen LogP contribution in [-0.2, 0) is 20.1 Å². The van der Waals surface area contributed by atoms with E-state index in [9.17, 15) is 9.59 Å². The van der Waals surface area contributed by atoms with Crippen molar-refractivity contribution in [1.82, 2.24) is 40.0 Å². The van der Waals surface area contributed by atoms with E-state index in [1.807, 2.05) is 6.92 Å². The molecule has 0 atom stereocenters. The van der Waals surface area contributed by atoms with Crippen LogP contribution in [0.15, 0.2) is 6.33 Å². The Bertz CT molecular complexity index is 719. The lowest BCUT2D eigenvalue weighted by Gasteiger charge is -2.26. The molecule has 3 rings (SSSR count). The fraction of sp³-hybridized carbons (Fsp3) is 0.500. The predicted molar refractivity (Wildman–Crippen MR) is 73.8 cm³/mol. The Morgan fingerprint density at radius 1 is 1.41 bits per heavy atom. The van der Waals surface area contributed by atoms with Crippen LogP contribution in [0.2, 0.25) is 0 Å². The molecule has 0 fully saturated rings. The van der Waals surface area contributed by atoms with Gasteiger partial charge in [0.05, 0.1) is 13.1 Å². The monoisotopic (exact) mass is 304 g/mol. The van der Waals surface area contributed by atoms with Crippen molar-refractivity contribution in [3.63, 3.8) is 0 Å². The van der Waals surface area contributed by atoms with Gasteiger partial charge in [-0.05, 0) is 6.92 Å². The normalized spacial score (nSPS) is 14.1. The summed E-state index contributed by atoms with van der Waals surface area (Å²) >= 11 is 0. The number of aryl methyl sites for hydroxylation is 1. The lowest BCUT2D eigenvalue weighted by Crippen LogP contribution is -2.41. The second-order valence-electron chi connectivity index (χ2n) is 4.92. The summed E-state index contributed by atoms with van der Waals surface area (Å²) in [5, 5.41) is 14.5. The summed E-state index contributed by atoms with van der Waals surface area (Å²) in [5.41, 5.74) is 0.884. The van der Waals surface area contributed by atoms with E-state index in [4.69, 9.17) is 0 Å². The van der Waals surface area contributed by atoms with E-state index in [2.05, 4.69) is 25.7 Å². The maximum atomic E-state index is 12.3. The number of nitrogens with zero attached hydrogens (tertiary/aromatic N) is 7. The van der Waals surface area contributed by atoms with Crippen LogP contribution in [0.3, 0.4) is 0 Å². The van der Waals surface area contributed by atoms with Gasteiger partial charge in [0.1, 0.15) is 12.0 Å². The molecule has 116 valence electrons. The molecule has 0 aliphatic carbocycles. The third-order valence-electron chi connectivity index (χ3n) is 3.48. The topological polar surface area (TPSA) is 111 Å². The maximum Gasteiger partial charge on any atom is 0.291 e. The minimum atomic E-state index is -0.419. The number of rotatable bonds is 4. The smallest absolute Gasteiger partial charge is 0.291 e. The van der Waals surface area contributed by atoms with E-state index in [0.717, 1.165) is 0 Å². The summed E-state index contributed by atoms with van der Waals surface area (Å²) in [6.45, 7) is 3.89. The number of aromatic nitrogens is 6. The molecule has 0 bridgehead atoms. The number of likely N-dealkylation sites (N-methyl/N-ethyl adjacent to an activating group) is 1. The fourth-order valence-corrected chi connectivity index (χ4v) is 2.31. The first kappa shape index (κ1) is 14.2. The molecule has 0 saturated carbocycles. The average Bonchev–Trinajstić information content (AvgIpc) is 3.12. The molecule has 1 aliphatic heterocycles. The first-order valence-electron chi connectivity index (χ1n) is 6.95. The lowest BCUT2D eigenvalue weighted by atomic mass is 10.2. The van der Waals surface area contributed by atoms with E-state index in [1.165, 1.54) is 11.0 Å². The largest absolute Gasteiger partial charge is 0.343 e. The Balaban J connectivity index is 1.73. The van der Waals surface area contributed by atoms with Gasteiger partial charge in [0, 0.05) is 20.1 Å². The van der Waals surface area contributed by atoms with Gasteiger partial charge in [-0.1, -0.05) is 5.21 Å². The van der Waals surface area contributed by atoms with E-state index < -0.39 is 5.91 Å². The number of carbonyl (C=O) groups excluding carboxylic acids is 2. The first-order chi connectivity index (χ1) is 10.6. The summed E-state index contributed by atoms with van der Waals surface area (Å²) in [4.78, 5) is 29.8. The molecule has 0 aromatic carbocycles. The van der Waals surface area contributed by atoms with Crippen molar-refractivity contribution in [2.45, 2.75) is 20.0 Å². The standard InChI is InChI=1S/C12H16N8O2/c1-3-19-4-5-20-9(12(19)22)8(15-17-20)6-13-11(21)10-14-7-18(2)16-10/h7H,3-6H2,1-2H3,(H,13,21). The quantitative estimate of drug-likeness (QED) is 0.760. The molecule has 3 heterocycles. The highest BCUT2D eigenvalue weighted by atomic mass is 16.2. The molecule has 1 N–H and O–H groups in total. The second-order valence-corrected chi connectivity index (χ2v) is 4.92. The number of hydrogen-bond acceptors (Lipinski definition) is 6. The molecule has 2 aromatic rings. The number of amides is 2. The van der Waals surface area contributed by atoms with Crippen molar-refractivity contribution in [3.8, 4) is 0 Å². The molecule has 2 aromatic heterocycles. The van der Waals surface area contributed by atoms with E-state index >= 15 is 0 Å². The van der Waals surface area contributed by atoms with Crippen LogP contribution in [0, 0.1) is 0 Å². The zero-order valence-electron chi connectivity index (χ0n) is 12.4. The van der Waals surface area contributed by atoms with Crippen LogP contribution in [0.1, 0.15) is 33.7 Å². The molecule has 10 nitrogen and oxygen atoms in total. The molecule has 10 heteroatoms. The van der Waals surface area contributed by atoms with Gasteiger partial charge in [-0.25, -0.2) is 9.67 Å². The Labute approximate surface area is 126 Å². The van der Waals surface area contributed by atoms with Gasteiger partial charge in [-0.15, -0.1) is 10.2 Å². The van der Waals surface area contributed by atoms with Gasteiger partial charge in [0.15, 0.2) is 5.69 Å². The van der Waals surface area contributed by atoms with Crippen LogP contribution >= 0.6 is 0 Å². The van der Waals surface area contributed by atoms with Crippen molar-refractivity contribution in [2.24, 2.45) is 7.05 Å². The average molecular weight is 304 g/mol. The van der Waals surface area contributed by atoms with Crippen LogP contribution in [0.5, 0.6) is 0 Å². The van der Waals surface area contributed by atoms with Crippen molar-refractivity contribution in [3.05, 3.63) is 23.5 Å². The third kappa shape index (κ3) is 2.43. The molecule has 0 saturated heterocycles. The molecule has 0 radical (unpaired) electrons. The minimum absolute atomic E-state index is 0.0741. The summed E-state index contributed by atoms with van der Waals surface area (Å²) in [6.07, 6.45) is 1.44. The number of hydrogen-bond donors (Lipinski definition) is 1. The minimum Gasteiger partial charge on any atom is -0.343 e. The molecule has 0 spiro atoms. The van der Waals surface area contributed by atoms with Gasteiger partial charge >= 0.3 is 0 Å². The molecule has 2 amide bonds. The second kappa shape index (κ2) is 5.54. The van der Waals surface area contributed by atoms with Crippen molar-refractivity contribution < 1.29 is 9.59 Å². The van der Waals surface area contributed by atoms with Crippen LogP contribution < -0.4 is 5.32 Å². The highest BCUT2D eigenvalue weighted by Gasteiger charge is 2.28. The van der Waals surface area contributed by atoms with Gasteiger partial charge in [0.2, 0.25) is 5.82 Å². The molecular weight excluding hydrogens is 288 g/mol. The summed E-state index contributed by atoms with van der Waals surface area (Å²) in [6, 6.07) is 0. The van der Waals surface area contributed by atoms with Crippen molar-refractivity contribution in [1.29, 1.82) is 0 Å². The zero-order valence-corrected chi connectivity index (χ0v) is 12.4. The Kier molecular flexibility index (Phi) is 3.57. The predicted octanol–water partition coefficient (Wildman–Crippen LogP) is -1.19. The number of nitrogens with one attached hydrogen (secondary N) is 1. The fourth-order valence-electron chi connectivity index (χ4n) is 2.31. The molecular formula is C12H16N8O2. The van der Waals surface area contributed by atoms with Gasteiger partial charge in [-0.2, -0.15) is 0 Å². The Hall–Kier alpha value is -2.78. The molecule has 1 aliphatic rings.